The Morgan fingerprint density at radius 3 is 2.71 bits per heavy atom. The first-order valence-electron chi connectivity index (χ1n) is 11.5. The number of piperidine rings is 1. The van der Waals surface area contributed by atoms with Gasteiger partial charge in [0.1, 0.15) is 17.3 Å². The zero-order chi connectivity index (χ0) is 23.9. The van der Waals surface area contributed by atoms with Crippen molar-refractivity contribution in [3.8, 4) is 17.6 Å². The van der Waals surface area contributed by atoms with Gasteiger partial charge in [0.05, 0.1) is 18.0 Å². The van der Waals surface area contributed by atoms with Crippen LogP contribution in [0.1, 0.15) is 41.4 Å². The number of likely N-dealkylation sites (tertiary alicyclic amines) is 1. The van der Waals surface area contributed by atoms with Crippen LogP contribution in [-0.2, 0) is 6.54 Å². The van der Waals surface area contributed by atoms with E-state index in [9.17, 15) is 10.1 Å². The average Bonchev–Trinajstić information content (AvgIpc) is 3.39. The summed E-state index contributed by atoms with van der Waals surface area (Å²) >= 11 is 0. The molecule has 1 amide bonds. The number of amides is 1. The molecule has 1 saturated heterocycles. The Labute approximate surface area is 199 Å². The van der Waals surface area contributed by atoms with Gasteiger partial charge >= 0.3 is 0 Å². The van der Waals surface area contributed by atoms with Crippen molar-refractivity contribution in [2.24, 2.45) is 5.92 Å². The van der Waals surface area contributed by atoms with Crippen molar-refractivity contribution in [2.75, 3.05) is 32.0 Å². The van der Waals surface area contributed by atoms with Crippen molar-refractivity contribution in [2.45, 2.75) is 26.3 Å². The highest BCUT2D eigenvalue weighted by Crippen LogP contribution is 2.23. The van der Waals surface area contributed by atoms with Crippen LogP contribution >= 0.6 is 0 Å². The number of nitrogens with one attached hydrogen (secondary N) is 1. The molecule has 4 rings (SSSR count). The first kappa shape index (κ1) is 23.3. The van der Waals surface area contributed by atoms with Crippen LogP contribution in [0.25, 0.3) is 5.69 Å². The summed E-state index contributed by atoms with van der Waals surface area (Å²) < 4.78 is 7.23. The summed E-state index contributed by atoms with van der Waals surface area (Å²) in [5.74, 6) is 0.197. The number of carbonyl (C=O) groups is 1. The van der Waals surface area contributed by atoms with Gasteiger partial charge in [-0.05, 0) is 68.6 Å². The first-order valence-corrected chi connectivity index (χ1v) is 11.5. The van der Waals surface area contributed by atoms with Crippen LogP contribution in [0.4, 0.5) is 5.69 Å². The van der Waals surface area contributed by atoms with Gasteiger partial charge in [0.2, 0.25) is 5.88 Å². The maximum absolute atomic E-state index is 12.6. The lowest BCUT2D eigenvalue weighted by molar-refractivity contribution is 0.0929. The molecular weight excluding hydrogens is 430 g/mol. The van der Waals surface area contributed by atoms with E-state index in [4.69, 9.17) is 10.5 Å². The molecule has 3 aromatic rings. The minimum atomic E-state index is -0.308. The summed E-state index contributed by atoms with van der Waals surface area (Å²) in [6, 6.07) is 13.8. The highest BCUT2D eigenvalue weighted by Gasteiger charge is 2.21. The minimum absolute atomic E-state index is 0.0983. The zero-order valence-corrected chi connectivity index (χ0v) is 19.3. The number of aromatic nitrogens is 3. The SMILES string of the molecule is CCOc1nc(C(=O)NCC2CCN(Cc3ccc(-n4cccn4)cc3)CC2)cc(N)c1C#N. The van der Waals surface area contributed by atoms with E-state index in [-0.39, 0.29) is 28.7 Å². The van der Waals surface area contributed by atoms with Crippen molar-refractivity contribution in [3.63, 3.8) is 0 Å². The van der Waals surface area contributed by atoms with Gasteiger partial charge in [-0.15, -0.1) is 0 Å². The Bertz CT molecular complexity index is 1150. The molecule has 0 bridgehead atoms. The summed E-state index contributed by atoms with van der Waals surface area (Å²) in [6.07, 6.45) is 5.73. The molecule has 0 saturated carbocycles. The van der Waals surface area contributed by atoms with Gasteiger partial charge in [-0.1, -0.05) is 12.1 Å². The summed E-state index contributed by atoms with van der Waals surface area (Å²) in [5.41, 5.74) is 8.75. The van der Waals surface area contributed by atoms with Crippen LogP contribution in [-0.4, -0.2) is 51.8 Å². The largest absolute Gasteiger partial charge is 0.477 e. The van der Waals surface area contributed by atoms with Crippen LogP contribution in [0.2, 0.25) is 0 Å². The number of rotatable bonds is 8. The number of nitrogens with zero attached hydrogens (tertiary/aromatic N) is 5. The van der Waals surface area contributed by atoms with Gasteiger partial charge in [0.15, 0.2) is 0 Å². The van der Waals surface area contributed by atoms with Gasteiger partial charge in [-0.3, -0.25) is 9.69 Å². The van der Waals surface area contributed by atoms with Crippen molar-refractivity contribution in [1.29, 1.82) is 5.26 Å². The Morgan fingerprint density at radius 2 is 2.06 bits per heavy atom. The van der Waals surface area contributed by atoms with E-state index in [0.717, 1.165) is 38.2 Å². The number of pyridine rings is 1. The molecule has 9 heteroatoms. The van der Waals surface area contributed by atoms with Crippen LogP contribution < -0.4 is 15.8 Å². The molecule has 1 aliphatic rings. The molecule has 0 unspecified atom stereocenters. The number of hydrogen-bond donors (Lipinski definition) is 2. The Kier molecular flexibility index (Phi) is 7.40. The number of anilines is 1. The Morgan fingerprint density at radius 1 is 1.29 bits per heavy atom. The van der Waals surface area contributed by atoms with E-state index < -0.39 is 0 Å². The molecule has 3 heterocycles. The maximum atomic E-state index is 12.6. The van der Waals surface area contributed by atoms with E-state index in [2.05, 4.69) is 44.6 Å². The fourth-order valence-corrected chi connectivity index (χ4v) is 4.12. The predicted octanol–water partition coefficient (Wildman–Crippen LogP) is 2.76. The van der Waals surface area contributed by atoms with E-state index in [0.29, 0.717) is 19.1 Å². The lowest BCUT2D eigenvalue weighted by Crippen LogP contribution is -2.38. The maximum Gasteiger partial charge on any atom is 0.270 e. The molecule has 0 aliphatic carbocycles. The van der Waals surface area contributed by atoms with Crippen molar-refractivity contribution >= 4 is 11.6 Å². The molecule has 0 spiro atoms. The van der Waals surface area contributed by atoms with Gasteiger partial charge in [-0.25, -0.2) is 9.67 Å². The van der Waals surface area contributed by atoms with Gasteiger partial charge in [0, 0.05) is 25.5 Å². The molecular formula is C25H29N7O2. The lowest BCUT2D eigenvalue weighted by Gasteiger charge is -2.32. The third-order valence-electron chi connectivity index (χ3n) is 6.01. The van der Waals surface area contributed by atoms with Crippen LogP contribution in [0, 0.1) is 17.2 Å². The van der Waals surface area contributed by atoms with Gasteiger partial charge in [-0.2, -0.15) is 10.4 Å². The lowest BCUT2D eigenvalue weighted by atomic mass is 9.96. The van der Waals surface area contributed by atoms with Crippen molar-refractivity contribution in [1.82, 2.24) is 25.0 Å². The second-order valence-electron chi connectivity index (χ2n) is 8.37. The summed E-state index contributed by atoms with van der Waals surface area (Å²) in [5, 5.41) is 16.5. The fourth-order valence-electron chi connectivity index (χ4n) is 4.12. The molecule has 9 nitrogen and oxygen atoms in total. The summed E-state index contributed by atoms with van der Waals surface area (Å²) in [4.78, 5) is 19.3. The zero-order valence-electron chi connectivity index (χ0n) is 19.3. The standard InChI is InChI=1S/C25H29N7O2/c1-2-34-25-21(15-26)22(27)14-23(30-25)24(33)28-16-18-8-12-31(13-9-18)17-19-4-6-20(7-5-19)32-11-3-10-29-32/h3-7,10-11,14,18H,2,8-9,12-13,16-17H2,1H3,(H2,27,30)(H,28,33). The molecule has 1 fully saturated rings. The van der Waals surface area contributed by atoms with E-state index in [1.165, 1.54) is 11.6 Å². The second kappa shape index (κ2) is 10.8. The highest BCUT2D eigenvalue weighted by molar-refractivity contribution is 5.93. The summed E-state index contributed by atoms with van der Waals surface area (Å²) in [7, 11) is 0. The van der Waals surface area contributed by atoms with Crippen LogP contribution in [0.3, 0.4) is 0 Å². The smallest absolute Gasteiger partial charge is 0.270 e. The van der Waals surface area contributed by atoms with E-state index >= 15 is 0 Å². The van der Waals surface area contributed by atoms with Gasteiger partial charge < -0.3 is 15.8 Å². The number of nitriles is 1. The van der Waals surface area contributed by atoms with Crippen LogP contribution in [0.15, 0.2) is 48.8 Å². The Hall–Kier alpha value is -3.90. The predicted molar refractivity (Wildman–Crippen MR) is 128 cm³/mol. The topological polar surface area (TPSA) is 122 Å². The number of benzene rings is 1. The normalized spacial score (nSPS) is 14.5. The van der Waals surface area contributed by atoms with Crippen LogP contribution in [0.5, 0.6) is 5.88 Å². The van der Waals surface area contributed by atoms with Gasteiger partial charge in [0.25, 0.3) is 5.91 Å². The third-order valence-corrected chi connectivity index (χ3v) is 6.01. The number of nitrogens with two attached hydrogens (primary N) is 1. The molecule has 34 heavy (non-hydrogen) atoms. The third kappa shape index (κ3) is 5.53. The fraction of sp³-hybridized carbons (Fsp3) is 0.360. The quantitative estimate of drug-likeness (QED) is 0.531. The van der Waals surface area contributed by atoms with E-state index in [1.54, 1.807) is 13.1 Å². The number of ether oxygens (including phenoxy) is 1. The molecule has 0 atom stereocenters. The second-order valence-corrected chi connectivity index (χ2v) is 8.37. The molecule has 2 aromatic heterocycles. The first-order chi connectivity index (χ1) is 16.6. The highest BCUT2D eigenvalue weighted by atomic mass is 16.5. The number of hydrogen-bond acceptors (Lipinski definition) is 7. The molecule has 1 aromatic carbocycles. The molecule has 0 radical (unpaired) electrons. The monoisotopic (exact) mass is 459 g/mol. The Balaban J connectivity index is 1.25. The molecule has 3 N–H and O–H groups in total. The van der Waals surface area contributed by atoms with E-state index in [1.807, 2.05) is 23.0 Å². The van der Waals surface area contributed by atoms with Crippen molar-refractivity contribution < 1.29 is 9.53 Å². The summed E-state index contributed by atoms with van der Waals surface area (Å²) in [6.45, 7) is 5.58. The number of carbonyl (C=O) groups excluding carboxylic acids is 1. The van der Waals surface area contributed by atoms with Crippen molar-refractivity contribution in [3.05, 3.63) is 65.6 Å². The molecule has 176 valence electrons. The molecule has 1 aliphatic heterocycles. The number of nitrogen functional groups attached to an aromatic ring is 1. The minimum Gasteiger partial charge on any atom is -0.477 e. The average molecular weight is 460 g/mol.